The fourth-order valence-corrected chi connectivity index (χ4v) is 2.46. The summed E-state index contributed by atoms with van der Waals surface area (Å²) < 4.78 is 4.99. The Labute approximate surface area is 109 Å². The van der Waals surface area contributed by atoms with E-state index in [9.17, 15) is 4.79 Å². The van der Waals surface area contributed by atoms with Crippen LogP contribution in [0.25, 0.3) is 0 Å². The highest BCUT2D eigenvalue weighted by atomic mass is 16.5. The van der Waals surface area contributed by atoms with Gasteiger partial charge in [0, 0.05) is 18.8 Å². The minimum absolute atomic E-state index is 0.0979. The zero-order valence-electron chi connectivity index (χ0n) is 11.0. The van der Waals surface area contributed by atoms with Gasteiger partial charge in [-0.1, -0.05) is 18.2 Å². The van der Waals surface area contributed by atoms with E-state index >= 15 is 0 Å². The van der Waals surface area contributed by atoms with Gasteiger partial charge in [0.05, 0.1) is 13.0 Å². The smallest absolute Gasteiger partial charge is 0.307 e. The molecule has 1 aromatic carbocycles. The van der Waals surface area contributed by atoms with Crippen LogP contribution in [0.4, 0.5) is 5.69 Å². The third kappa shape index (κ3) is 3.25. The van der Waals surface area contributed by atoms with Crippen molar-refractivity contribution in [1.29, 1.82) is 0 Å². The maximum atomic E-state index is 11.4. The van der Waals surface area contributed by atoms with Crippen LogP contribution >= 0.6 is 0 Å². The molecule has 0 saturated carbocycles. The second-order valence-electron chi connectivity index (χ2n) is 4.63. The summed E-state index contributed by atoms with van der Waals surface area (Å²) in [5.41, 5.74) is 2.69. The molecule has 1 aromatic rings. The standard InChI is InChI=1S/C15H21NO2/c1-2-18-15(17)10-12-16-11-6-5-8-13-7-3-4-9-14(13)16/h3-4,7,9H,2,5-6,8,10-12H2,1H3. The second kappa shape index (κ2) is 6.43. The number of hydrogen-bond acceptors (Lipinski definition) is 3. The molecule has 0 aromatic heterocycles. The number of hydrogen-bond donors (Lipinski definition) is 0. The summed E-state index contributed by atoms with van der Waals surface area (Å²) in [4.78, 5) is 13.8. The van der Waals surface area contributed by atoms with Crippen LogP contribution in [0.15, 0.2) is 24.3 Å². The number of aryl methyl sites for hydroxylation is 1. The van der Waals surface area contributed by atoms with Gasteiger partial charge in [0.2, 0.25) is 0 Å². The van der Waals surface area contributed by atoms with E-state index in [0.717, 1.165) is 19.5 Å². The fraction of sp³-hybridized carbons (Fsp3) is 0.533. The van der Waals surface area contributed by atoms with Crippen molar-refractivity contribution in [2.75, 3.05) is 24.6 Å². The van der Waals surface area contributed by atoms with Crippen molar-refractivity contribution >= 4 is 11.7 Å². The predicted octanol–water partition coefficient (Wildman–Crippen LogP) is 2.78. The number of carbonyl (C=O) groups is 1. The molecular formula is C15H21NO2. The molecule has 3 heteroatoms. The minimum Gasteiger partial charge on any atom is -0.466 e. The molecular weight excluding hydrogens is 226 g/mol. The van der Waals surface area contributed by atoms with E-state index in [1.54, 1.807) is 0 Å². The van der Waals surface area contributed by atoms with Crippen molar-refractivity contribution in [2.24, 2.45) is 0 Å². The molecule has 0 atom stereocenters. The molecule has 18 heavy (non-hydrogen) atoms. The Kier molecular flexibility index (Phi) is 4.62. The fourth-order valence-electron chi connectivity index (χ4n) is 2.46. The Morgan fingerprint density at radius 1 is 1.33 bits per heavy atom. The van der Waals surface area contributed by atoms with Crippen LogP contribution in [0.2, 0.25) is 0 Å². The molecule has 1 aliphatic heterocycles. The summed E-state index contributed by atoms with van der Waals surface area (Å²) >= 11 is 0. The van der Waals surface area contributed by atoms with Crippen molar-refractivity contribution in [1.82, 2.24) is 0 Å². The van der Waals surface area contributed by atoms with E-state index in [1.807, 2.05) is 6.92 Å². The first-order chi connectivity index (χ1) is 8.81. The molecule has 1 heterocycles. The number of para-hydroxylation sites is 1. The van der Waals surface area contributed by atoms with Crippen LogP contribution in [0.1, 0.15) is 31.7 Å². The molecule has 0 unspecified atom stereocenters. The van der Waals surface area contributed by atoms with Crippen LogP contribution in [0.5, 0.6) is 0 Å². The van der Waals surface area contributed by atoms with Gasteiger partial charge in [-0.15, -0.1) is 0 Å². The lowest BCUT2D eigenvalue weighted by Gasteiger charge is -2.24. The number of fused-ring (bicyclic) bond motifs is 1. The number of nitrogens with zero attached hydrogens (tertiary/aromatic N) is 1. The van der Waals surface area contributed by atoms with Crippen LogP contribution in [-0.4, -0.2) is 25.7 Å². The quantitative estimate of drug-likeness (QED) is 0.766. The lowest BCUT2D eigenvalue weighted by Crippen LogP contribution is -2.27. The van der Waals surface area contributed by atoms with Gasteiger partial charge in [0.15, 0.2) is 0 Å². The normalized spacial score (nSPS) is 14.8. The zero-order chi connectivity index (χ0) is 12.8. The molecule has 1 aliphatic rings. The summed E-state index contributed by atoms with van der Waals surface area (Å²) in [6.07, 6.45) is 4.04. The van der Waals surface area contributed by atoms with Gasteiger partial charge < -0.3 is 9.64 Å². The molecule has 2 rings (SSSR count). The molecule has 0 saturated heterocycles. The molecule has 0 bridgehead atoms. The van der Waals surface area contributed by atoms with Gasteiger partial charge in [0.1, 0.15) is 0 Å². The van der Waals surface area contributed by atoms with Crippen molar-refractivity contribution in [3.8, 4) is 0 Å². The van der Waals surface area contributed by atoms with E-state index < -0.39 is 0 Å². The maximum absolute atomic E-state index is 11.4. The third-order valence-corrected chi connectivity index (χ3v) is 3.35. The summed E-state index contributed by atoms with van der Waals surface area (Å²) in [6.45, 7) is 4.11. The van der Waals surface area contributed by atoms with Gasteiger partial charge in [-0.25, -0.2) is 0 Å². The van der Waals surface area contributed by atoms with Gasteiger partial charge in [-0.3, -0.25) is 4.79 Å². The maximum Gasteiger partial charge on any atom is 0.307 e. The number of anilines is 1. The van der Waals surface area contributed by atoms with E-state index in [4.69, 9.17) is 4.74 Å². The molecule has 0 fully saturated rings. The summed E-state index contributed by atoms with van der Waals surface area (Å²) in [5, 5.41) is 0. The van der Waals surface area contributed by atoms with Crippen LogP contribution in [0.3, 0.4) is 0 Å². The van der Waals surface area contributed by atoms with Gasteiger partial charge in [0.25, 0.3) is 0 Å². The number of ether oxygens (including phenoxy) is 1. The Hall–Kier alpha value is -1.51. The van der Waals surface area contributed by atoms with Crippen LogP contribution < -0.4 is 4.90 Å². The van der Waals surface area contributed by atoms with Gasteiger partial charge in [-0.2, -0.15) is 0 Å². The third-order valence-electron chi connectivity index (χ3n) is 3.35. The van der Waals surface area contributed by atoms with E-state index in [2.05, 4.69) is 29.2 Å². The first kappa shape index (κ1) is 12.9. The highest BCUT2D eigenvalue weighted by Crippen LogP contribution is 2.25. The van der Waals surface area contributed by atoms with Crippen LogP contribution in [-0.2, 0) is 16.0 Å². The van der Waals surface area contributed by atoms with Gasteiger partial charge >= 0.3 is 5.97 Å². The second-order valence-corrected chi connectivity index (χ2v) is 4.63. The average Bonchev–Trinajstić information content (AvgIpc) is 2.59. The molecule has 3 nitrogen and oxygen atoms in total. The zero-order valence-corrected chi connectivity index (χ0v) is 11.0. The predicted molar refractivity (Wildman–Crippen MR) is 72.8 cm³/mol. The first-order valence-corrected chi connectivity index (χ1v) is 6.79. The first-order valence-electron chi connectivity index (χ1n) is 6.79. The Morgan fingerprint density at radius 3 is 3.00 bits per heavy atom. The lowest BCUT2D eigenvalue weighted by atomic mass is 10.1. The molecule has 0 aliphatic carbocycles. The topological polar surface area (TPSA) is 29.5 Å². The molecule has 98 valence electrons. The number of rotatable bonds is 4. The number of esters is 1. The Bertz CT molecular complexity index is 403. The molecule has 0 amide bonds. The highest BCUT2D eigenvalue weighted by molar-refractivity contribution is 5.70. The monoisotopic (exact) mass is 247 g/mol. The van der Waals surface area contributed by atoms with E-state index in [-0.39, 0.29) is 5.97 Å². The molecule has 0 spiro atoms. The van der Waals surface area contributed by atoms with Gasteiger partial charge in [-0.05, 0) is 37.8 Å². The molecule has 0 radical (unpaired) electrons. The van der Waals surface area contributed by atoms with E-state index in [0.29, 0.717) is 13.0 Å². The largest absolute Gasteiger partial charge is 0.466 e. The number of benzene rings is 1. The lowest BCUT2D eigenvalue weighted by molar-refractivity contribution is -0.142. The average molecular weight is 247 g/mol. The number of carbonyl (C=O) groups excluding carboxylic acids is 1. The SMILES string of the molecule is CCOC(=O)CCN1CCCCc2ccccc21. The molecule has 0 N–H and O–H groups in total. The van der Waals surface area contributed by atoms with Crippen molar-refractivity contribution in [2.45, 2.75) is 32.6 Å². The van der Waals surface area contributed by atoms with Crippen molar-refractivity contribution < 1.29 is 9.53 Å². The summed E-state index contributed by atoms with van der Waals surface area (Å²) in [5.74, 6) is -0.0979. The highest BCUT2D eigenvalue weighted by Gasteiger charge is 2.15. The summed E-state index contributed by atoms with van der Waals surface area (Å²) in [6, 6.07) is 8.51. The Balaban J connectivity index is 2.02. The Morgan fingerprint density at radius 2 is 2.17 bits per heavy atom. The van der Waals surface area contributed by atoms with Crippen molar-refractivity contribution in [3.05, 3.63) is 29.8 Å². The summed E-state index contributed by atoms with van der Waals surface area (Å²) in [7, 11) is 0. The van der Waals surface area contributed by atoms with E-state index in [1.165, 1.54) is 24.1 Å². The van der Waals surface area contributed by atoms with Crippen LogP contribution in [0, 0.1) is 0 Å². The van der Waals surface area contributed by atoms with Crippen molar-refractivity contribution in [3.63, 3.8) is 0 Å². The minimum atomic E-state index is -0.0979.